The van der Waals surface area contributed by atoms with Crippen LogP contribution in [-0.4, -0.2) is 24.6 Å². The Bertz CT molecular complexity index is 660. The van der Waals surface area contributed by atoms with Crippen molar-refractivity contribution >= 4 is 17.0 Å². The summed E-state index contributed by atoms with van der Waals surface area (Å²) in [6.07, 6.45) is 3.76. The van der Waals surface area contributed by atoms with E-state index >= 15 is 0 Å². The number of likely N-dealkylation sites (N-methyl/N-ethyl adjacent to an activating group) is 1. The van der Waals surface area contributed by atoms with Crippen LogP contribution in [0.1, 0.15) is 40.7 Å². The number of fused-ring (bicyclic) bond motifs is 1. The molecule has 4 rings (SSSR count). The molecule has 21 heavy (non-hydrogen) atoms. The van der Waals surface area contributed by atoms with Crippen LogP contribution in [0.5, 0.6) is 0 Å². The molecule has 0 saturated heterocycles. The standard InChI is InChI=1S/C17H21N3S/c1-11-10-21-17(18-11)16(19-14-4-5-14)13-3-6-15-12(9-13)7-8-20(15)2/h3,6,9-10,14,16,19H,4-5,7-8H2,1-2H3. The van der Waals surface area contributed by atoms with Crippen molar-refractivity contribution in [2.45, 2.75) is 38.3 Å². The third kappa shape index (κ3) is 2.58. The molecule has 1 aliphatic heterocycles. The molecule has 110 valence electrons. The SMILES string of the molecule is Cc1csc(C(NC2CC2)c2ccc3c(c2)CCN3C)n1. The third-order valence-corrected chi connectivity index (χ3v) is 5.46. The van der Waals surface area contributed by atoms with Gasteiger partial charge in [0, 0.05) is 36.4 Å². The Balaban J connectivity index is 1.69. The van der Waals surface area contributed by atoms with Crippen LogP contribution >= 0.6 is 11.3 Å². The van der Waals surface area contributed by atoms with Gasteiger partial charge in [-0.05, 0) is 43.4 Å². The van der Waals surface area contributed by atoms with Crippen molar-refractivity contribution in [2.24, 2.45) is 0 Å². The maximum absolute atomic E-state index is 4.72. The second-order valence-corrected chi connectivity index (χ2v) is 7.15. The van der Waals surface area contributed by atoms with Gasteiger partial charge in [-0.25, -0.2) is 4.98 Å². The van der Waals surface area contributed by atoms with Gasteiger partial charge in [0.05, 0.1) is 6.04 Å². The Hall–Kier alpha value is -1.39. The van der Waals surface area contributed by atoms with Crippen molar-refractivity contribution < 1.29 is 0 Å². The van der Waals surface area contributed by atoms with E-state index in [4.69, 9.17) is 4.98 Å². The predicted octanol–water partition coefficient (Wildman–Crippen LogP) is 3.29. The molecular formula is C17H21N3S. The molecule has 2 aliphatic rings. The van der Waals surface area contributed by atoms with Gasteiger partial charge < -0.3 is 10.2 Å². The number of hydrogen-bond donors (Lipinski definition) is 1. The first-order valence-corrected chi connectivity index (χ1v) is 8.61. The minimum Gasteiger partial charge on any atom is -0.374 e. The minimum atomic E-state index is 0.257. The molecule has 2 heterocycles. The molecule has 1 aliphatic carbocycles. The lowest BCUT2D eigenvalue weighted by molar-refractivity contribution is 0.597. The van der Waals surface area contributed by atoms with Crippen LogP contribution in [0.4, 0.5) is 5.69 Å². The highest BCUT2D eigenvalue weighted by atomic mass is 32.1. The fourth-order valence-electron chi connectivity index (χ4n) is 3.07. The largest absolute Gasteiger partial charge is 0.374 e. The molecule has 1 aromatic carbocycles. The van der Waals surface area contributed by atoms with Crippen molar-refractivity contribution in [3.8, 4) is 0 Å². The quantitative estimate of drug-likeness (QED) is 0.939. The molecular weight excluding hydrogens is 278 g/mol. The van der Waals surface area contributed by atoms with Crippen LogP contribution in [-0.2, 0) is 6.42 Å². The smallest absolute Gasteiger partial charge is 0.114 e. The molecule has 0 radical (unpaired) electrons. The van der Waals surface area contributed by atoms with Gasteiger partial charge in [-0.2, -0.15) is 0 Å². The van der Waals surface area contributed by atoms with Gasteiger partial charge >= 0.3 is 0 Å². The lowest BCUT2D eigenvalue weighted by Gasteiger charge is -2.19. The van der Waals surface area contributed by atoms with Crippen LogP contribution in [0.15, 0.2) is 23.6 Å². The number of aromatic nitrogens is 1. The van der Waals surface area contributed by atoms with E-state index in [0.717, 1.165) is 18.7 Å². The van der Waals surface area contributed by atoms with Gasteiger partial charge in [-0.3, -0.25) is 0 Å². The molecule has 4 heteroatoms. The van der Waals surface area contributed by atoms with Crippen LogP contribution in [0.2, 0.25) is 0 Å². The number of nitrogens with one attached hydrogen (secondary N) is 1. The molecule has 3 nitrogen and oxygen atoms in total. The summed E-state index contributed by atoms with van der Waals surface area (Å²) in [7, 11) is 2.18. The van der Waals surface area contributed by atoms with Gasteiger partial charge in [0.25, 0.3) is 0 Å². The van der Waals surface area contributed by atoms with Gasteiger partial charge in [-0.15, -0.1) is 11.3 Å². The average Bonchev–Trinajstić information content (AvgIpc) is 3.10. The van der Waals surface area contributed by atoms with Crippen LogP contribution in [0.25, 0.3) is 0 Å². The van der Waals surface area contributed by atoms with Crippen molar-refractivity contribution in [1.82, 2.24) is 10.3 Å². The van der Waals surface area contributed by atoms with Crippen LogP contribution < -0.4 is 10.2 Å². The number of benzene rings is 1. The normalized spacial score (nSPS) is 18.9. The predicted molar refractivity (Wildman–Crippen MR) is 88.3 cm³/mol. The number of rotatable bonds is 4. The van der Waals surface area contributed by atoms with Gasteiger partial charge in [0.1, 0.15) is 5.01 Å². The van der Waals surface area contributed by atoms with E-state index in [1.807, 2.05) is 0 Å². The maximum atomic E-state index is 4.72. The summed E-state index contributed by atoms with van der Waals surface area (Å²) in [6.45, 7) is 3.21. The monoisotopic (exact) mass is 299 g/mol. The Morgan fingerprint density at radius 2 is 2.24 bits per heavy atom. The van der Waals surface area contributed by atoms with E-state index in [0.29, 0.717) is 6.04 Å². The zero-order chi connectivity index (χ0) is 14.4. The molecule has 0 spiro atoms. The first-order chi connectivity index (χ1) is 10.2. The summed E-state index contributed by atoms with van der Waals surface area (Å²) in [6, 6.07) is 7.87. The second-order valence-electron chi connectivity index (χ2n) is 6.26. The summed E-state index contributed by atoms with van der Waals surface area (Å²) in [5.74, 6) is 0. The minimum absolute atomic E-state index is 0.257. The van der Waals surface area contributed by atoms with Gasteiger partial charge in [0.2, 0.25) is 0 Å². The zero-order valence-corrected chi connectivity index (χ0v) is 13.4. The highest BCUT2D eigenvalue weighted by molar-refractivity contribution is 7.09. The molecule has 0 amide bonds. The fraction of sp³-hybridized carbons (Fsp3) is 0.471. The molecule has 1 fully saturated rings. The Morgan fingerprint density at radius 1 is 1.38 bits per heavy atom. The molecule has 0 bridgehead atoms. The lowest BCUT2D eigenvalue weighted by Crippen LogP contribution is -2.24. The average molecular weight is 299 g/mol. The number of hydrogen-bond acceptors (Lipinski definition) is 4. The third-order valence-electron chi connectivity index (χ3n) is 4.43. The summed E-state index contributed by atoms with van der Waals surface area (Å²) < 4.78 is 0. The van der Waals surface area contributed by atoms with E-state index in [9.17, 15) is 0 Å². The fourth-order valence-corrected chi connectivity index (χ4v) is 3.95. The number of thiazole rings is 1. The molecule has 1 N–H and O–H groups in total. The zero-order valence-electron chi connectivity index (χ0n) is 12.6. The second kappa shape index (κ2) is 5.11. The van der Waals surface area contributed by atoms with E-state index in [1.165, 1.54) is 34.7 Å². The summed E-state index contributed by atoms with van der Waals surface area (Å²) in [5.41, 5.74) is 5.36. The number of anilines is 1. The highest BCUT2D eigenvalue weighted by Crippen LogP contribution is 2.34. The summed E-state index contributed by atoms with van der Waals surface area (Å²) >= 11 is 1.77. The Morgan fingerprint density at radius 3 is 2.95 bits per heavy atom. The summed E-state index contributed by atoms with van der Waals surface area (Å²) in [4.78, 5) is 7.07. The van der Waals surface area contributed by atoms with E-state index in [1.54, 1.807) is 11.3 Å². The van der Waals surface area contributed by atoms with Crippen molar-refractivity contribution in [3.63, 3.8) is 0 Å². The molecule has 2 aromatic rings. The topological polar surface area (TPSA) is 28.2 Å². The molecule has 1 saturated carbocycles. The van der Waals surface area contributed by atoms with Gasteiger partial charge in [0.15, 0.2) is 0 Å². The van der Waals surface area contributed by atoms with E-state index in [2.05, 4.69) is 47.8 Å². The van der Waals surface area contributed by atoms with Crippen molar-refractivity contribution in [1.29, 1.82) is 0 Å². The van der Waals surface area contributed by atoms with E-state index < -0.39 is 0 Å². The van der Waals surface area contributed by atoms with Crippen molar-refractivity contribution in [3.05, 3.63) is 45.4 Å². The summed E-state index contributed by atoms with van der Waals surface area (Å²) in [5, 5.41) is 7.12. The van der Waals surface area contributed by atoms with Crippen LogP contribution in [0.3, 0.4) is 0 Å². The number of aryl methyl sites for hydroxylation is 1. The van der Waals surface area contributed by atoms with Crippen molar-refractivity contribution in [2.75, 3.05) is 18.5 Å². The first-order valence-electron chi connectivity index (χ1n) is 7.73. The van der Waals surface area contributed by atoms with E-state index in [-0.39, 0.29) is 6.04 Å². The van der Waals surface area contributed by atoms with Gasteiger partial charge in [-0.1, -0.05) is 12.1 Å². The molecule has 1 aromatic heterocycles. The Labute approximate surface area is 130 Å². The first kappa shape index (κ1) is 13.3. The maximum Gasteiger partial charge on any atom is 0.114 e. The molecule has 1 unspecified atom stereocenters. The van der Waals surface area contributed by atoms with Crippen LogP contribution in [0, 0.1) is 6.92 Å². The molecule has 1 atom stereocenters. The lowest BCUT2D eigenvalue weighted by atomic mass is 10.0. The highest BCUT2D eigenvalue weighted by Gasteiger charge is 2.28. The Kier molecular flexibility index (Phi) is 3.23. The number of nitrogens with zero attached hydrogens (tertiary/aromatic N) is 2.